The van der Waals surface area contributed by atoms with Crippen LogP contribution in [0.3, 0.4) is 0 Å². The Balaban J connectivity index is 2.32. The number of hydrogen-bond donors (Lipinski definition) is 0. The fourth-order valence-corrected chi connectivity index (χ4v) is 2.56. The summed E-state index contributed by atoms with van der Waals surface area (Å²) in [6.07, 6.45) is 1.12. The Labute approximate surface area is 121 Å². The van der Waals surface area contributed by atoms with Crippen molar-refractivity contribution in [2.75, 3.05) is 6.26 Å². The minimum Gasteiger partial charge on any atom is -0.456 e. The molecule has 0 aliphatic carbocycles. The normalized spacial score (nSPS) is 11.3. The second-order valence-corrected chi connectivity index (χ2v) is 6.78. The third-order valence-electron chi connectivity index (χ3n) is 2.36. The van der Waals surface area contributed by atoms with Crippen molar-refractivity contribution in [3.05, 3.63) is 52.5 Å². The maximum Gasteiger partial charge on any atom is 0.175 e. The Morgan fingerprint density at radius 3 is 2.37 bits per heavy atom. The van der Waals surface area contributed by atoms with Gasteiger partial charge in [-0.1, -0.05) is 29.3 Å². The van der Waals surface area contributed by atoms with Gasteiger partial charge in [-0.3, -0.25) is 0 Å². The molecule has 0 heterocycles. The highest BCUT2D eigenvalue weighted by molar-refractivity contribution is 7.90. The summed E-state index contributed by atoms with van der Waals surface area (Å²) in [5.74, 6) is 0.901. The SMILES string of the molecule is CS(=O)(=O)c1ccc(Oc2cccc(Cl)c2)c(Cl)c1. The number of halogens is 2. The van der Waals surface area contributed by atoms with E-state index in [0.29, 0.717) is 16.5 Å². The zero-order valence-electron chi connectivity index (χ0n) is 9.93. The molecule has 0 fully saturated rings. The van der Waals surface area contributed by atoms with Crippen LogP contribution < -0.4 is 4.74 Å². The Morgan fingerprint density at radius 1 is 1.05 bits per heavy atom. The van der Waals surface area contributed by atoms with Crippen molar-refractivity contribution in [1.82, 2.24) is 0 Å². The lowest BCUT2D eigenvalue weighted by atomic mass is 10.3. The van der Waals surface area contributed by atoms with E-state index in [2.05, 4.69) is 0 Å². The highest BCUT2D eigenvalue weighted by Crippen LogP contribution is 2.32. The monoisotopic (exact) mass is 316 g/mol. The Hall–Kier alpha value is -1.23. The molecule has 2 rings (SSSR count). The van der Waals surface area contributed by atoms with Crippen molar-refractivity contribution in [2.45, 2.75) is 4.90 Å². The van der Waals surface area contributed by atoms with Crippen LogP contribution in [0.1, 0.15) is 0 Å². The molecular weight excluding hydrogens is 307 g/mol. The predicted molar refractivity (Wildman–Crippen MR) is 76.1 cm³/mol. The molecule has 2 aromatic rings. The molecule has 0 spiro atoms. The predicted octanol–water partition coefficient (Wildman–Crippen LogP) is 4.19. The van der Waals surface area contributed by atoms with Crippen molar-refractivity contribution in [3.63, 3.8) is 0 Å². The van der Waals surface area contributed by atoms with E-state index in [1.165, 1.54) is 18.2 Å². The van der Waals surface area contributed by atoms with E-state index in [1.807, 2.05) is 0 Å². The van der Waals surface area contributed by atoms with Crippen LogP contribution in [0.25, 0.3) is 0 Å². The number of sulfone groups is 1. The summed E-state index contributed by atoms with van der Waals surface area (Å²) < 4.78 is 28.3. The molecule has 0 atom stereocenters. The van der Waals surface area contributed by atoms with Gasteiger partial charge in [-0.2, -0.15) is 0 Å². The van der Waals surface area contributed by atoms with Crippen molar-refractivity contribution < 1.29 is 13.2 Å². The fourth-order valence-electron chi connectivity index (χ4n) is 1.45. The third kappa shape index (κ3) is 3.62. The summed E-state index contributed by atoms with van der Waals surface area (Å²) in [5.41, 5.74) is 0. The Bertz CT molecular complexity index is 712. The topological polar surface area (TPSA) is 43.4 Å². The molecular formula is C13H10Cl2O3S. The minimum absolute atomic E-state index is 0.149. The third-order valence-corrected chi connectivity index (χ3v) is 4.00. The van der Waals surface area contributed by atoms with E-state index >= 15 is 0 Å². The molecule has 0 bridgehead atoms. The van der Waals surface area contributed by atoms with Gasteiger partial charge in [0.25, 0.3) is 0 Å². The van der Waals surface area contributed by atoms with E-state index < -0.39 is 9.84 Å². The van der Waals surface area contributed by atoms with Crippen LogP contribution >= 0.6 is 23.2 Å². The number of rotatable bonds is 3. The second-order valence-electron chi connectivity index (χ2n) is 3.92. The molecule has 0 unspecified atom stereocenters. The van der Waals surface area contributed by atoms with Gasteiger partial charge in [-0.25, -0.2) is 8.42 Å². The molecule has 0 aromatic heterocycles. The van der Waals surface area contributed by atoms with Gasteiger partial charge in [0, 0.05) is 11.3 Å². The zero-order chi connectivity index (χ0) is 14.0. The lowest BCUT2D eigenvalue weighted by Gasteiger charge is -2.08. The van der Waals surface area contributed by atoms with Gasteiger partial charge in [0.2, 0.25) is 0 Å². The Morgan fingerprint density at radius 2 is 1.79 bits per heavy atom. The lowest BCUT2D eigenvalue weighted by molar-refractivity contribution is 0.482. The van der Waals surface area contributed by atoms with E-state index in [0.717, 1.165) is 6.26 Å². The molecule has 0 aliphatic heterocycles. The maximum atomic E-state index is 11.4. The Kier molecular flexibility index (Phi) is 4.04. The van der Waals surface area contributed by atoms with Crippen molar-refractivity contribution in [1.29, 1.82) is 0 Å². The van der Waals surface area contributed by atoms with Crippen LogP contribution in [-0.4, -0.2) is 14.7 Å². The van der Waals surface area contributed by atoms with Gasteiger partial charge in [0.05, 0.1) is 9.92 Å². The number of hydrogen-bond acceptors (Lipinski definition) is 3. The van der Waals surface area contributed by atoms with Gasteiger partial charge in [0.15, 0.2) is 9.84 Å². The van der Waals surface area contributed by atoms with Gasteiger partial charge >= 0.3 is 0 Å². The molecule has 100 valence electrons. The van der Waals surface area contributed by atoms with E-state index in [9.17, 15) is 8.42 Å². The van der Waals surface area contributed by atoms with Gasteiger partial charge in [-0.05, 0) is 36.4 Å². The number of benzene rings is 2. The largest absolute Gasteiger partial charge is 0.456 e. The first-order valence-electron chi connectivity index (χ1n) is 5.29. The smallest absolute Gasteiger partial charge is 0.175 e. The molecule has 3 nitrogen and oxygen atoms in total. The van der Waals surface area contributed by atoms with Crippen LogP contribution in [0, 0.1) is 0 Å². The van der Waals surface area contributed by atoms with E-state index in [-0.39, 0.29) is 9.92 Å². The van der Waals surface area contributed by atoms with Crippen LogP contribution in [-0.2, 0) is 9.84 Å². The standard InChI is InChI=1S/C13H10Cl2O3S/c1-19(16,17)11-5-6-13(12(15)8-11)18-10-4-2-3-9(14)7-10/h2-8H,1H3. The molecule has 0 saturated heterocycles. The average Bonchev–Trinajstić information content (AvgIpc) is 2.30. The van der Waals surface area contributed by atoms with Gasteiger partial charge < -0.3 is 4.74 Å². The average molecular weight is 317 g/mol. The highest BCUT2D eigenvalue weighted by atomic mass is 35.5. The van der Waals surface area contributed by atoms with Gasteiger partial charge in [0.1, 0.15) is 11.5 Å². The maximum absolute atomic E-state index is 11.4. The fraction of sp³-hybridized carbons (Fsp3) is 0.0769. The van der Waals surface area contributed by atoms with Crippen molar-refractivity contribution in [2.24, 2.45) is 0 Å². The summed E-state index contributed by atoms with van der Waals surface area (Å²) in [5, 5.41) is 0.768. The summed E-state index contributed by atoms with van der Waals surface area (Å²) in [7, 11) is -3.28. The summed E-state index contributed by atoms with van der Waals surface area (Å²) in [6.45, 7) is 0. The van der Waals surface area contributed by atoms with E-state index in [4.69, 9.17) is 27.9 Å². The van der Waals surface area contributed by atoms with Crippen LogP contribution in [0.15, 0.2) is 47.4 Å². The number of ether oxygens (including phenoxy) is 1. The van der Waals surface area contributed by atoms with Crippen LogP contribution in [0.4, 0.5) is 0 Å². The summed E-state index contributed by atoms with van der Waals surface area (Å²) in [4.78, 5) is 0.149. The summed E-state index contributed by atoms with van der Waals surface area (Å²) in [6, 6.07) is 11.2. The molecule has 2 aromatic carbocycles. The highest BCUT2D eigenvalue weighted by Gasteiger charge is 2.11. The van der Waals surface area contributed by atoms with Crippen molar-refractivity contribution in [3.8, 4) is 11.5 Å². The van der Waals surface area contributed by atoms with Crippen LogP contribution in [0.5, 0.6) is 11.5 Å². The quantitative estimate of drug-likeness (QED) is 0.852. The molecule has 6 heteroatoms. The zero-order valence-corrected chi connectivity index (χ0v) is 12.3. The molecule has 0 saturated carbocycles. The lowest BCUT2D eigenvalue weighted by Crippen LogP contribution is -1.97. The molecule has 0 radical (unpaired) electrons. The first kappa shape index (κ1) is 14.2. The minimum atomic E-state index is -3.28. The summed E-state index contributed by atoms with van der Waals surface area (Å²) >= 11 is 11.8. The first-order chi connectivity index (χ1) is 8.86. The molecule has 19 heavy (non-hydrogen) atoms. The molecule has 0 aliphatic rings. The van der Waals surface area contributed by atoms with Crippen LogP contribution in [0.2, 0.25) is 10.0 Å². The van der Waals surface area contributed by atoms with E-state index in [1.54, 1.807) is 24.3 Å². The first-order valence-corrected chi connectivity index (χ1v) is 7.94. The second kappa shape index (κ2) is 5.41. The molecule has 0 amide bonds. The van der Waals surface area contributed by atoms with Gasteiger partial charge in [-0.15, -0.1) is 0 Å². The molecule has 0 N–H and O–H groups in total. The van der Waals surface area contributed by atoms with Crippen molar-refractivity contribution >= 4 is 33.0 Å².